The minimum absolute atomic E-state index is 0.620. The number of nitrogens with zero attached hydrogens (tertiary/aromatic N) is 1. The molecule has 0 saturated heterocycles. The van der Waals surface area contributed by atoms with Crippen LogP contribution in [-0.2, 0) is 0 Å². The van der Waals surface area contributed by atoms with Crippen molar-refractivity contribution in [3.05, 3.63) is 0 Å². The Balaban J connectivity index is 1.97. The van der Waals surface area contributed by atoms with E-state index in [4.69, 9.17) is 5.26 Å². The van der Waals surface area contributed by atoms with E-state index in [9.17, 15) is 0 Å². The molecule has 1 saturated carbocycles. The Kier molecular flexibility index (Phi) is 4.41. The zero-order chi connectivity index (χ0) is 10.4. The van der Waals surface area contributed by atoms with Gasteiger partial charge in [-0.1, -0.05) is 13.8 Å². The van der Waals surface area contributed by atoms with Crippen LogP contribution in [0.4, 0.5) is 0 Å². The average Bonchev–Trinajstić information content (AvgIpc) is 2.92. The fourth-order valence-electron chi connectivity index (χ4n) is 1.91. The molecular weight excluding hydrogens is 172 g/mol. The third-order valence-electron chi connectivity index (χ3n) is 3.49. The van der Waals surface area contributed by atoms with Crippen molar-refractivity contribution in [2.75, 3.05) is 13.1 Å². The first kappa shape index (κ1) is 11.5. The summed E-state index contributed by atoms with van der Waals surface area (Å²) in [4.78, 5) is 0. The molecule has 0 aromatic rings. The molecule has 0 atom stereocenters. The van der Waals surface area contributed by atoms with Crippen LogP contribution >= 0.6 is 0 Å². The maximum absolute atomic E-state index is 8.36. The third kappa shape index (κ3) is 3.31. The van der Waals surface area contributed by atoms with Gasteiger partial charge < -0.3 is 5.32 Å². The van der Waals surface area contributed by atoms with Crippen molar-refractivity contribution in [3.63, 3.8) is 0 Å². The van der Waals surface area contributed by atoms with Crippen LogP contribution < -0.4 is 5.32 Å². The molecule has 1 N–H and O–H groups in total. The quantitative estimate of drug-likeness (QED) is 0.632. The molecule has 80 valence electrons. The van der Waals surface area contributed by atoms with Crippen LogP contribution in [0.15, 0.2) is 0 Å². The molecule has 0 unspecified atom stereocenters. The number of hydrogen-bond acceptors (Lipinski definition) is 2. The van der Waals surface area contributed by atoms with Gasteiger partial charge in [-0.25, -0.2) is 0 Å². The van der Waals surface area contributed by atoms with Gasteiger partial charge in [0.2, 0.25) is 0 Å². The summed E-state index contributed by atoms with van der Waals surface area (Å²) in [6, 6.07) is 2.18. The summed E-state index contributed by atoms with van der Waals surface area (Å²) in [7, 11) is 0. The van der Waals surface area contributed by atoms with E-state index in [-0.39, 0.29) is 0 Å². The Morgan fingerprint density at radius 1 is 1.36 bits per heavy atom. The summed E-state index contributed by atoms with van der Waals surface area (Å²) in [6.07, 6.45) is 5.68. The highest BCUT2D eigenvalue weighted by molar-refractivity contribution is 4.96. The van der Waals surface area contributed by atoms with Gasteiger partial charge in [0.15, 0.2) is 0 Å². The maximum atomic E-state index is 8.36. The van der Waals surface area contributed by atoms with Crippen LogP contribution in [0.5, 0.6) is 0 Å². The van der Waals surface area contributed by atoms with Crippen LogP contribution in [0.1, 0.15) is 46.0 Å². The summed E-state index contributed by atoms with van der Waals surface area (Å²) < 4.78 is 0. The second-order valence-corrected chi connectivity index (χ2v) is 4.81. The zero-order valence-corrected chi connectivity index (χ0v) is 9.47. The molecular formula is C12H22N2. The monoisotopic (exact) mass is 194 g/mol. The summed E-state index contributed by atoms with van der Waals surface area (Å²) >= 11 is 0. The first-order chi connectivity index (χ1) is 6.71. The van der Waals surface area contributed by atoms with Gasteiger partial charge in [0, 0.05) is 13.0 Å². The second-order valence-electron chi connectivity index (χ2n) is 4.81. The molecule has 0 aromatic heterocycles. The molecule has 0 spiro atoms. The van der Waals surface area contributed by atoms with Gasteiger partial charge in [-0.3, -0.25) is 0 Å². The van der Waals surface area contributed by atoms with Crippen molar-refractivity contribution >= 4 is 0 Å². The third-order valence-corrected chi connectivity index (χ3v) is 3.49. The average molecular weight is 194 g/mol. The second kappa shape index (κ2) is 5.36. The minimum Gasteiger partial charge on any atom is -0.316 e. The predicted molar refractivity (Wildman–Crippen MR) is 58.8 cm³/mol. The van der Waals surface area contributed by atoms with Crippen LogP contribution in [-0.4, -0.2) is 13.1 Å². The minimum atomic E-state index is 0.620. The molecule has 0 aromatic carbocycles. The van der Waals surface area contributed by atoms with Gasteiger partial charge in [-0.2, -0.15) is 5.26 Å². The van der Waals surface area contributed by atoms with Gasteiger partial charge in [0.05, 0.1) is 6.07 Å². The lowest BCUT2D eigenvalue weighted by atomic mass is 9.92. The van der Waals surface area contributed by atoms with Gasteiger partial charge in [-0.05, 0) is 43.6 Å². The van der Waals surface area contributed by atoms with Crippen molar-refractivity contribution in [1.82, 2.24) is 5.32 Å². The summed E-state index contributed by atoms with van der Waals surface area (Å²) in [5, 5.41) is 11.9. The number of nitriles is 1. The lowest BCUT2D eigenvalue weighted by Gasteiger charge is -2.19. The number of unbranched alkanes of at least 4 members (excludes halogenated alkanes) is 2. The van der Waals surface area contributed by atoms with E-state index in [1.54, 1.807) is 0 Å². The van der Waals surface area contributed by atoms with Crippen molar-refractivity contribution in [2.24, 2.45) is 11.3 Å². The first-order valence-corrected chi connectivity index (χ1v) is 5.79. The lowest BCUT2D eigenvalue weighted by Crippen LogP contribution is -2.28. The van der Waals surface area contributed by atoms with Gasteiger partial charge in [-0.15, -0.1) is 0 Å². The van der Waals surface area contributed by atoms with Crippen molar-refractivity contribution < 1.29 is 0 Å². The largest absolute Gasteiger partial charge is 0.316 e. The molecule has 1 aliphatic rings. The summed E-state index contributed by atoms with van der Waals surface area (Å²) in [5.74, 6) is 0.814. The molecule has 0 amide bonds. The van der Waals surface area contributed by atoms with Crippen LogP contribution in [0.3, 0.4) is 0 Å². The fourth-order valence-corrected chi connectivity index (χ4v) is 1.91. The van der Waals surface area contributed by atoms with Gasteiger partial charge in [0.1, 0.15) is 0 Å². The van der Waals surface area contributed by atoms with Crippen LogP contribution in [0.2, 0.25) is 0 Å². The van der Waals surface area contributed by atoms with Crippen molar-refractivity contribution in [3.8, 4) is 6.07 Å². The molecule has 1 aliphatic carbocycles. The molecule has 0 bridgehead atoms. The Bertz CT molecular complexity index is 199. The molecule has 14 heavy (non-hydrogen) atoms. The Hall–Kier alpha value is -0.550. The fraction of sp³-hybridized carbons (Fsp3) is 0.917. The van der Waals surface area contributed by atoms with E-state index in [0.29, 0.717) is 11.8 Å². The Labute approximate surface area is 87.7 Å². The zero-order valence-electron chi connectivity index (χ0n) is 9.47. The predicted octanol–water partition coefficient (Wildman–Crippen LogP) is 2.71. The Morgan fingerprint density at radius 2 is 2.07 bits per heavy atom. The van der Waals surface area contributed by atoms with E-state index in [1.165, 1.54) is 19.4 Å². The molecule has 0 radical (unpaired) electrons. The highest BCUT2D eigenvalue weighted by Gasteiger charge is 2.44. The van der Waals surface area contributed by atoms with E-state index >= 15 is 0 Å². The summed E-state index contributed by atoms with van der Waals surface area (Å²) in [5.41, 5.74) is 0.620. The first-order valence-electron chi connectivity index (χ1n) is 5.79. The topological polar surface area (TPSA) is 35.8 Å². The normalized spacial score (nSPS) is 18.1. The van der Waals surface area contributed by atoms with Crippen molar-refractivity contribution in [1.29, 1.82) is 5.26 Å². The van der Waals surface area contributed by atoms with E-state index in [0.717, 1.165) is 25.3 Å². The highest BCUT2D eigenvalue weighted by atomic mass is 14.9. The Morgan fingerprint density at radius 3 is 2.57 bits per heavy atom. The molecule has 0 aliphatic heterocycles. The smallest absolute Gasteiger partial charge is 0.0621 e. The number of nitrogens with one attached hydrogen (secondary N) is 1. The maximum Gasteiger partial charge on any atom is 0.0621 e. The standard InChI is InChI=1S/C12H22N2/c1-11(2)12(6-7-12)10-14-9-5-3-4-8-13/h11,14H,3-7,9-10H2,1-2H3. The molecule has 2 nitrogen and oxygen atoms in total. The van der Waals surface area contributed by atoms with Crippen LogP contribution in [0, 0.1) is 22.7 Å². The van der Waals surface area contributed by atoms with Gasteiger partial charge in [0.25, 0.3) is 0 Å². The van der Waals surface area contributed by atoms with E-state index in [1.807, 2.05) is 0 Å². The summed E-state index contributed by atoms with van der Waals surface area (Å²) in [6.45, 7) is 6.90. The van der Waals surface area contributed by atoms with Crippen LogP contribution in [0.25, 0.3) is 0 Å². The molecule has 2 heteroatoms. The highest BCUT2D eigenvalue weighted by Crippen LogP contribution is 2.51. The molecule has 1 rings (SSSR count). The molecule has 0 heterocycles. The van der Waals surface area contributed by atoms with Gasteiger partial charge >= 0.3 is 0 Å². The number of hydrogen-bond donors (Lipinski definition) is 1. The SMILES string of the molecule is CC(C)C1(CNCCCCC#N)CC1. The van der Waals surface area contributed by atoms with E-state index in [2.05, 4.69) is 25.2 Å². The lowest BCUT2D eigenvalue weighted by molar-refractivity contribution is 0.337. The van der Waals surface area contributed by atoms with E-state index < -0.39 is 0 Å². The van der Waals surface area contributed by atoms with Crippen molar-refractivity contribution in [2.45, 2.75) is 46.0 Å². The number of rotatable bonds is 7. The molecule has 1 fully saturated rings.